The summed E-state index contributed by atoms with van der Waals surface area (Å²) in [6.07, 6.45) is 0. The van der Waals surface area contributed by atoms with E-state index in [0.29, 0.717) is 13.1 Å². The molecule has 0 saturated carbocycles. The lowest BCUT2D eigenvalue weighted by Gasteiger charge is -2.16. The first-order valence-corrected chi connectivity index (χ1v) is 9.07. The van der Waals surface area contributed by atoms with Crippen molar-refractivity contribution >= 4 is 38.2 Å². The van der Waals surface area contributed by atoms with Crippen molar-refractivity contribution in [1.29, 1.82) is 0 Å². The molecule has 1 aliphatic rings. The molecule has 1 aliphatic heterocycles. The molecule has 2 aromatic rings. The first-order chi connectivity index (χ1) is 10.9. The van der Waals surface area contributed by atoms with Gasteiger partial charge in [-0.05, 0) is 12.1 Å². The highest BCUT2D eigenvalue weighted by atomic mass is 32.2. The molecule has 0 atom stereocenters. The van der Waals surface area contributed by atoms with E-state index < -0.39 is 10.0 Å². The van der Waals surface area contributed by atoms with Crippen LogP contribution in [-0.4, -0.2) is 56.1 Å². The molecule has 0 N–H and O–H groups in total. The lowest BCUT2D eigenvalue weighted by atomic mass is 10.3. The van der Waals surface area contributed by atoms with Gasteiger partial charge >= 0.3 is 6.03 Å². The van der Waals surface area contributed by atoms with Crippen LogP contribution in [0.15, 0.2) is 34.7 Å². The Kier molecular flexibility index (Phi) is 4.04. The molecule has 1 aromatic carbocycles. The zero-order valence-corrected chi connectivity index (χ0v) is 14.2. The molecule has 122 valence electrons. The van der Waals surface area contributed by atoms with Crippen molar-refractivity contribution in [3.05, 3.63) is 30.3 Å². The Labute approximate surface area is 138 Å². The number of anilines is 2. The van der Waals surface area contributed by atoms with Crippen molar-refractivity contribution < 1.29 is 13.2 Å². The van der Waals surface area contributed by atoms with Crippen LogP contribution in [0.2, 0.25) is 0 Å². The number of hydrogen-bond acceptors (Lipinski definition) is 6. The van der Waals surface area contributed by atoms with Crippen molar-refractivity contribution in [2.24, 2.45) is 0 Å². The SMILES string of the molecule is CN(C)S(=O)(=O)c1nnc(N2CCN(c3ccccc3)C2=O)s1. The number of urea groups is 1. The summed E-state index contributed by atoms with van der Waals surface area (Å²) in [7, 11) is -0.792. The van der Waals surface area contributed by atoms with E-state index in [1.165, 1.54) is 19.0 Å². The topological polar surface area (TPSA) is 86.7 Å². The van der Waals surface area contributed by atoms with E-state index in [4.69, 9.17) is 0 Å². The fraction of sp³-hybridized carbons (Fsp3) is 0.308. The normalized spacial score (nSPS) is 15.7. The van der Waals surface area contributed by atoms with Gasteiger partial charge in [0.25, 0.3) is 10.0 Å². The number of benzene rings is 1. The zero-order valence-electron chi connectivity index (χ0n) is 12.6. The van der Waals surface area contributed by atoms with E-state index in [-0.39, 0.29) is 15.5 Å². The molecule has 0 radical (unpaired) electrons. The van der Waals surface area contributed by atoms with Crippen molar-refractivity contribution in [3.8, 4) is 0 Å². The first-order valence-electron chi connectivity index (χ1n) is 6.81. The maximum atomic E-state index is 12.5. The summed E-state index contributed by atoms with van der Waals surface area (Å²) in [4.78, 5) is 15.6. The molecule has 0 bridgehead atoms. The van der Waals surface area contributed by atoms with E-state index in [1.807, 2.05) is 30.3 Å². The number of nitrogens with zero attached hydrogens (tertiary/aromatic N) is 5. The lowest BCUT2D eigenvalue weighted by molar-refractivity contribution is 0.256. The lowest BCUT2D eigenvalue weighted by Crippen LogP contribution is -2.31. The molecule has 1 saturated heterocycles. The molecule has 23 heavy (non-hydrogen) atoms. The number of para-hydroxylation sites is 1. The van der Waals surface area contributed by atoms with Gasteiger partial charge in [0.1, 0.15) is 0 Å². The largest absolute Gasteiger partial charge is 0.330 e. The van der Waals surface area contributed by atoms with Crippen LogP contribution in [0.4, 0.5) is 15.6 Å². The highest BCUT2D eigenvalue weighted by Crippen LogP contribution is 2.29. The van der Waals surface area contributed by atoms with Gasteiger partial charge in [0.15, 0.2) is 0 Å². The highest BCUT2D eigenvalue weighted by Gasteiger charge is 2.34. The van der Waals surface area contributed by atoms with E-state index >= 15 is 0 Å². The monoisotopic (exact) mass is 353 g/mol. The van der Waals surface area contributed by atoms with E-state index in [2.05, 4.69) is 10.2 Å². The van der Waals surface area contributed by atoms with E-state index in [9.17, 15) is 13.2 Å². The van der Waals surface area contributed by atoms with Crippen molar-refractivity contribution in [1.82, 2.24) is 14.5 Å². The quantitative estimate of drug-likeness (QED) is 0.772. The predicted molar refractivity (Wildman–Crippen MR) is 87.3 cm³/mol. The molecule has 8 nitrogen and oxygen atoms in total. The minimum atomic E-state index is -3.64. The minimum absolute atomic E-state index is 0.122. The second-order valence-corrected chi connectivity index (χ2v) is 8.34. The van der Waals surface area contributed by atoms with Gasteiger partial charge in [-0.1, -0.05) is 29.5 Å². The third kappa shape index (κ3) is 2.80. The Morgan fingerprint density at radius 3 is 2.39 bits per heavy atom. The molecule has 3 rings (SSSR count). The van der Waals surface area contributed by atoms with Gasteiger partial charge in [-0.15, -0.1) is 10.2 Å². The van der Waals surface area contributed by atoms with Crippen LogP contribution in [0.3, 0.4) is 0 Å². The van der Waals surface area contributed by atoms with Gasteiger partial charge < -0.3 is 0 Å². The average molecular weight is 353 g/mol. The Morgan fingerprint density at radius 1 is 1.09 bits per heavy atom. The van der Waals surface area contributed by atoms with Crippen LogP contribution in [0.25, 0.3) is 0 Å². The number of carbonyl (C=O) groups excluding carboxylic acids is 1. The first kappa shape index (κ1) is 15.8. The smallest absolute Gasteiger partial charge is 0.292 e. The fourth-order valence-corrected chi connectivity index (χ4v) is 4.28. The molecular formula is C13H15N5O3S2. The van der Waals surface area contributed by atoms with Gasteiger partial charge in [-0.2, -0.15) is 0 Å². The number of amides is 2. The van der Waals surface area contributed by atoms with Crippen LogP contribution in [0, 0.1) is 0 Å². The molecule has 0 spiro atoms. The molecule has 1 aromatic heterocycles. The second kappa shape index (κ2) is 5.87. The van der Waals surface area contributed by atoms with Crippen molar-refractivity contribution in [3.63, 3.8) is 0 Å². The standard InChI is InChI=1S/C13H15N5O3S2/c1-16(2)23(20,21)12-15-14-11(22-12)18-9-8-17(13(18)19)10-6-4-3-5-7-10/h3-7H,8-9H2,1-2H3. The van der Waals surface area contributed by atoms with Crippen LogP contribution in [-0.2, 0) is 10.0 Å². The van der Waals surface area contributed by atoms with Crippen LogP contribution >= 0.6 is 11.3 Å². The summed E-state index contributed by atoms with van der Waals surface area (Å²) in [5, 5.41) is 7.86. The Balaban J connectivity index is 1.85. The third-order valence-corrected chi connectivity index (χ3v) is 6.51. The predicted octanol–water partition coefficient (Wildman–Crippen LogP) is 1.24. The Bertz CT molecular complexity index is 819. The fourth-order valence-electron chi connectivity index (χ4n) is 2.13. The highest BCUT2D eigenvalue weighted by molar-refractivity contribution is 7.91. The maximum absolute atomic E-state index is 12.5. The molecule has 0 aliphatic carbocycles. The average Bonchev–Trinajstić information content (AvgIpc) is 3.15. The van der Waals surface area contributed by atoms with Crippen molar-refractivity contribution in [2.75, 3.05) is 37.0 Å². The summed E-state index contributed by atoms with van der Waals surface area (Å²) < 4.78 is 25.0. The van der Waals surface area contributed by atoms with Gasteiger partial charge in [-0.25, -0.2) is 17.5 Å². The molecule has 2 heterocycles. The van der Waals surface area contributed by atoms with Crippen LogP contribution < -0.4 is 9.80 Å². The summed E-state index contributed by atoms with van der Waals surface area (Å²) in [6.45, 7) is 0.947. The Morgan fingerprint density at radius 2 is 1.74 bits per heavy atom. The van der Waals surface area contributed by atoms with Gasteiger partial charge in [-0.3, -0.25) is 9.80 Å². The Hall–Kier alpha value is -2.04. The maximum Gasteiger partial charge on any atom is 0.330 e. The molecular weight excluding hydrogens is 338 g/mol. The van der Waals surface area contributed by atoms with E-state index in [0.717, 1.165) is 21.3 Å². The molecule has 0 unspecified atom stereocenters. The van der Waals surface area contributed by atoms with Gasteiger partial charge in [0.2, 0.25) is 9.47 Å². The molecule has 10 heteroatoms. The third-order valence-electron chi connectivity index (χ3n) is 3.40. The van der Waals surface area contributed by atoms with Crippen molar-refractivity contribution in [2.45, 2.75) is 4.34 Å². The zero-order chi connectivity index (χ0) is 16.6. The summed E-state index contributed by atoms with van der Waals surface area (Å²) >= 11 is 0.893. The van der Waals surface area contributed by atoms with Gasteiger partial charge in [0.05, 0.1) is 0 Å². The van der Waals surface area contributed by atoms with Crippen LogP contribution in [0.1, 0.15) is 0 Å². The number of sulfonamides is 1. The number of carbonyl (C=O) groups is 1. The molecule has 1 fully saturated rings. The number of aromatic nitrogens is 2. The molecule has 2 amide bonds. The minimum Gasteiger partial charge on any atom is -0.292 e. The summed E-state index contributed by atoms with van der Waals surface area (Å²) in [6, 6.07) is 9.06. The number of hydrogen-bond donors (Lipinski definition) is 0. The number of rotatable bonds is 4. The van der Waals surface area contributed by atoms with Crippen LogP contribution in [0.5, 0.6) is 0 Å². The summed E-state index contributed by atoms with van der Waals surface area (Å²) in [5.74, 6) is 0. The summed E-state index contributed by atoms with van der Waals surface area (Å²) in [5.41, 5.74) is 0.797. The second-order valence-electron chi connectivity index (χ2n) is 5.06. The van der Waals surface area contributed by atoms with E-state index in [1.54, 1.807) is 4.90 Å². The van der Waals surface area contributed by atoms with Gasteiger partial charge in [0, 0.05) is 32.9 Å².